The summed E-state index contributed by atoms with van der Waals surface area (Å²) < 4.78 is 1.03. The van der Waals surface area contributed by atoms with E-state index in [0.29, 0.717) is 0 Å². The molecule has 2 aliphatic heterocycles. The molecule has 4 heteroatoms. The molecular weight excluding hydrogens is 300 g/mol. The number of fused-ring (bicyclic) bond motifs is 2. The van der Waals surface area contributed by atoms with E-state index in [1.807, 2.05) is 18.3 Å². The molecule has 17 heavy (non-hydrogen) atoms. The quantitative estimate of drug-likeness (QED) is 0.738. The molecule has 0 radical (unpaired) electrons. The molecule has 0 aliphatic carbocycles. The Labute approximate surface area is 115 Å². The van der Waals surface area contributed by atoms with Crippen LogP contribution in [0.15, 0.2) is 28.5 Å². The van der Waals surface area contributed by atoms with Crippen molar-refractivity contribution in [2.24, 2.45) is 5.92 Å². The molecule has 0 saturated carbocycles. The minimum atomic E-state index is 0.144. The molecule has 90 valence electrons. The van der Waals surface area contributed by atoms with Crippen LogP contribution in [0.5, 0.6) is 0 Å². The number of nitrogens with zero attached hydrogens (tertiary/aromatic N) is 2. The van der Waals surface area contributed by atoms with E-state index in [2.05, 4.69) is 31.9 Å². The lowest BCUT2D eigenvalue weighted by Gasteiger charge is -2.31. The van der Waals surface area contributed by atoms with Crippen LogP contribution in [-0.2, 0) is 0 Å². The third kappa shape index (κ3) is 2.23. The first-order valence-electron chi connectivity index (χ1n) is 5.95. The standard InChI is InChI=1S/C13H14BrClN2/c14-10-2-1-4-16-12(10)7-13-11(15)6-9-3-5-17(13)8-9/h1-2,4,7,9,11H,3,5-6,8H2. The SMILES string of the molecule is ClC1CC2CCN(C2)C1=Cc1ncccc1Br. The van der Waals surface area contributed by atoms with Crippen LogP contribution in [0.4, 0.5) is 0 Å². The number of pyridine rings is 1. The number of piperidine rings is 1. The van der Waals surface area contributed by atoms with E-state index < -0.39 is 0 Å². The highest BCUT2D eigenvalue weighted by molar-refractivity contribution is 9.10. The van der Waals surface area contributed by atoms with Gasteiger partial charge in [-0.1, -0.05) is 0 Å². The summed E-state index contributed by atoms with van der Waals surface area (Å²) in [6.45, 7) is 2.31. The number of hydrogen-bond donors (Lipinski definition) is 0. The van der Waals surface area contributed by atoms with Gasteiger partial charge in [-0.3, -0.25) is 4.98 Å². The smallest absolute Gasteiger partial charge is 0.0789 e. The van der Waals surface area contributed by atoms with Gasteiger partial charge in [0.1, 0.15) is 0 Å². The second-order valence-electron chi connectivity index (χ2n) is 4.74. The monoisotopic (exact) mass is 312 g/mol. The maximum atomic E-state index is 6.46. The number of halogens is 2. The van der Waals surface area contributed by atoms with Crippen molar-refractivity contribution in [2.45, 2.75) is 18.2 Å². The molecule has 2 nitrogen and oxygen atoms in total. The Morgan fingerprint density at radius 2 is 2.41 bits per heavy atom. The van der Waals surface area contributed by atoms with Gasteiger partial charge in [0.05, 0.1) is 11.1 Å². The van der Waals surface area contributed by atoms with Gasteiger partial charge in [-0.25, -0.2) is 0 Å². The molecule has 2 atom stereocenters. The lowest BCUT2D eigenvalue weighted by atomic mass is 9.98. The van der Waals surface area contributed by atoms with Gasteiger partial charge in [0.15, 0.2) is 0 Å². The Bertz CT molecular complexity index is 460. The second-order valence-corrected chi connectivity index (χ2v) is 6.12. The fourth-order valence-electron chi connectivity index (χ4n) is 2.70. The molecule has 2 bridgehead atoms. The van der Waals surface area contributed by atoms with E-state index in [0.717, 1.165) is 29.1 Å². The van der Waals surface area contributed by atoms with Crippen molar-refractivity contribution in [1.29, 1.82) is 0 Å². The van der Waals surface area contributed by atoms with Crippen LogP contribution in [0.1, 0.15) is 18.5 Å². The Morgan fingerprint density at radius 3 is 3.24 bits per heavy atom. The van der Waals surface area contributed by atoms with Crippen molar-refractivity contribution in [2.75, 3.05) is 13.1 Å². The molecule has 1 aromatic rings. The number of rotatable bonds is 1. The van der Waals surface area contributed by atoms with Gasteiger partial charge < -0.3 is 4.90 Å². The largest absolute Gasteiger partial charge is 0.373 e. The van der Waals surface area contributed by atoms with Crippen LogP contribution in [0, 0.1) is 5.92 Å². The fourth-order valence-corrected chi connectivity index (χ4v) is 3.52. The first-order valence-corrected chi connectivity index (χ1v) is 7.18. The van der Waals surface area contributed by atoms with Gasteiger partial charge in [-0.05, 0) is 52.9 Å². The van der Waals surface area contributed by atoms with E-state index in [4.69, 9.17) is 11.6 Å². The Morgan fingerprint density at radius 1 is 1.53 bits per heavy atom. The second kappa shape index (κ2) is 4.62. The summed E-state index contributed by atoms with van der Waals surface area (Å²) >= 11 is 9.99. The van der Waals surface area contributed by atoms with Crippen molar-refractivity contribution in [3.63, 3.8) is 0 Å². The highest BCUT2D eigenvalue weighted by Gasteiger charge is 2.34. The van der Waals surface area contributed by atoms with Gasteiger partial charge in [0.2, 0.25) is 0 Å². The summed E-state index contributed by atoms with van der Waals surface area (Å²) in [4.78, 5) is 6.79. The normalized spacial score (nSPS) is 30.0. The Balaban J connectivity index is 1.95. The molecule has 0 amide bonds. The zero-order valence-electron chi connectivity index (χ0n) is 9.44. The van der Waals surface area contributed by atoms with E-state index in [1.165, 1.54) is 18.7 Å². The fraction of sp³-hybridized carbons (Fsp3) is 0.462. The Kier molecular flexibility index (Phi) is 3.14. The molecular formula is C13H14BrClN2. The molecule has 2 saturated heterocycles. The summed E-state index contributed by atoms with van der Waals surface area (Å²) in [5.41, 5.74) is 2.21. The molecule has 2 unspecified atom stereocenters. The van der Waals surface area contributed by atoms with Crippen molar-refractivity contribution in [3.05, 3.63) is 34.2 Å². The van der Waals surface area contributed by atoms with Crippen LogP contribution in [0.3, 0.4) is 0 Å². The van der Waals surface area contributed by atoms with Gasteiger partial charge in [0.25, 0.3) is 0 Å². The third-order valence-electron chi connectivity index (χ3n) is 3.58. The summed E-state index contributed by atoms with van der Waals surface area (Å²) in [6.07, 6.45) is 6.33. The summed E-state index contributed by atoms with van der Waals surface area (Å²) in [6, 6.07) is 3.94. The van der Waals surface area contributed by atoms with E-state index in [-0.39, 0.29) is 5.38 Å². The molecule has 3 rings (SSSR count). The highest BCUT2D eigenvalue weighted by atomic mass is 79.9. The number of hydrogen-bond acceptors (Lipinski definition) is 2. The van der Waals surface area contributed by atoms with Crippen molar-refractivity contribution in [3.8, 4) is 0 Å². The molecule has 0 spiro atoms. The van der Waals surface area contributed by atoms with E-state index in [9.17, 15) is 0 Å². The van der Waals surface area contributed by atoms with Gasteiger partial charge in [0, 0.05) is 29.5 Å². The predicted molar refractivity (Wildman–Crippen MR) is 73.9 cm³/mol. The molecule has 1 aromatic heterocycles. The van der Waals surface area contributed by atoms with Crippen LogP contribution in [0.25, 0.3) is 6.08 Å². The summed E-state index contributed by atoms with van der Waals surface area (Å²) in [5, 5.41) is 0.144. The summed E-state index contributed by atoms with van der Waals surface area (Å²) in [7, 11) is 0. The Hall–Kier alpha value is -0.540. The number of alkyl halides is 1. The maximum absolute atomic E-state index is 6.46. The number of allylic oxidation sites excluding steroid dienone is 1. The van der Waals surface area contributed by atoms with Crippen molar-refractivity contribution < 1.29 is 0 Å². The summed E-state index contributed by atoms with van der Waals surface area (Å²) in [5.74, 6) is 0.793. The molecule has 3 heterocycles. The maximum Gasteiger partial charge on any atom is 0.0789 e. The minimum absolute atomic E-state index is 0.144. The van der Waals surface area contributed by atoms with Gasteiger partial charge >= 0.3 is 0 Å². The zero-order valence-corrected chi connectivity index (χ0v) is 11.8. The van der Waals surface area contributed by atoms with Crippen LogP contribution in [-0.4, -0.2) is 28.4 Å². The van der Waals surface area contributed by atoms with Crippen molar-refractivity contribution >= 4 is 33.6 Å². The van der Waals surface area contributed by atoms with Gasteiger partial charge in [-0.2, -0.15) is 0 Å². The van der Waals surface area contributed by atoms with E-state index >= 15 is 0 Å². The lowest BCUT2D eigenvalue weighted by Crippen LogP contribution is -2.31. The van der Waals surface area contributed by atoms with Crippen LogP contribution < -0.4 is 0 Å². The third-order valence-corrected chi connectivity index (χ3v) is 4.66. The van der Waals surface area contributed by atoms with Crippen molar-refractivity contribution in [1.82, 2.24) is 9.88 Å². The van der Waals surface area contributed by atoms with Gasteiger partial charge in [-0.15, -0.1) is 11.6 Å². The first-order chi connectivity index (χ1) is 8.24. The molecule has 0 aromatic carbocycles. The topological polar surface area (TPSA) is 16.1 Å². The van der Waals surface area contributed by atoms with Crippen LogP contribution >= 0.6 is 27.5 Å². The predicted octanol–water partition coefficient (Wildman–Crippen LogP) is 3.52. The highest BCUT2D eigenvalue weighted by Crippen LogP contribution is 2.37. The zero-order chi connectivity index (χ0) is 11.8. The molecule has 2 fully saturated rings. The molecule has 0 N–H and O–H groups in total. The number of aromatic nitrogens is 1. The first kappa shape index (κ1) is 11.5. The lowest BCUT2D eigenvalue weighted by molar-refractivity contribution is 0.341. The van der Waals surface area contributed by atoms with E-state index in [1.54, 1.807) is 0 Å². The minimum Gasteiger partial charge on any atom is -0.373 e. The average Bonchev–Trinajstić information content (AvgIpc) is 2.70. The molecule has 2 aliphatic rings. The van der Waals surface area contributed by atoms with Crippen LogP contribution in [0.2, 0.25) is 0 Å². The average molecular weight is 314 g/mol.